The second-order valence-corrected chi connectivity index (χ2v) is 4.01. The molecule has 2 aromatic rings. The van der Waals surface area contributed by atoms with Crippen LogP contribution in [0.3, 0.4) is 0 Å². The molecule has 1 aliphatic rings. The minimum Gasteiger partial charge on any atom is -0.378 e. The van der Waals surface area contributed by atoms with Crippen molar-refractivity contribution in [2.75, 3.05) is 31.2 Å². The first-order valence-corrected chi connectivity index (χ1v) is 5.64. The van der Waals surface area contributed by atoms with E-state index in [0.717, 1.165) is 49.3 Å². The Bertz CT molecular complexity index is 544. The van der Waals surface area contributed by atoms with E-state index in [2.05, 4.69) is 14.9 Å². The molecule has 1 aliphatic heterocycles. The molecular formula is C12H13N3O2. The van der Waals surface area contributed by atoms with Gasteiger partial charge in [0.1, 0.15) is 5.65 Å². The summed E-state index contributed by atoms with van der Waals surface area (Å²) in [5.74, 6) is 0. The zero-order valence-electron chi connectivity index (χ0n) is 9.35. The molecule has 0 spiro atoms. The van der Waals surface area contributed by atoms with Crippen LogP contribution in [-0.4, -0.2) is 42.6 Å². The van der Waals surface area contributed by atoms with Crippen LogP contribution in [-0.2, 0) is 4.74 Å². The minimum atomic E-state index is 0.662. The molecule has 1 saturated heterocycles. The van der Waals surface area contributed by atoms with E-state index in [1.54, 1.807) is 12.4 Å². The lowest BCUT2D eigenvalue weighted by Crippen LogP contribution is -2.36. The van der Waals surface area contributed by atoms with Crippen molar-refractivity contribution < 1.29 is 9.53 Å². The Morgan fingerprint density at radius 1 is 1.41 bits per heavy atom. The monoisotopic (exact) mass is 231 g/mol. The number of anilines is 1. The number of morpholine rings is 1. The molecule has 5 nitrogen and oxygen atoms in total. The number of aromatic amines is 1. The summed E-state index contributed by atoms with van der Waals surface area (Å²) in [6, 6.07) is 1.95. The first kappa shape index (κ1) is 10.3. The van der Waals surface area contributed by atoms with Crippen LogP contribution in [0.1, 0.15) is 10.4 Å². The first-order valence-electron chi connectivity index (χ1n) is 5.64. The van der Waals surface area contributed by atoms with Crippen LogP contribution in [0.5, 0.6) is 0 Å². The van der Waals surface area contributed by atoms with Gasteiger partial charge in [-0.1, -0.05) is 0 Å². The normalized spacial score (nSPS) is 16.4. The van der Waals surface area contributed by atoms with E-state index in [1.807, 2.05) is 6.07 Å². The first-order chi connectivity index (χ1) is 8.40. The molecule has 17 heavy (non-hydrogen) atoms. The summed E-state index contributed by atoms with van der Waals surface area (Å²) in [4.78, 5) is 20.5. The van der Waals surface area contributed by atoms with Crippen molar-refractivity contribution in [2.24, 2.45) is 0 Å². The predicted octanol–water partition coefficient (Wildman–Crippen LogP) is 1.21. The molecule has 88 valence electrons. The van der Waals surface area contributed by atoms with Crippen molar-refractivity contribution in [3.8, 4) is 0 Å². The highest BCUT2D eigenvalue weighted by Crippen LogP contribution is 2.28. The van der Waals surface area contributed by atoms with Crippen molar-refractivity contribution in [3.05, 3.63) is 24.0 Å². The molecule has 5 heteroatoms. The lowest BCUT2D eigenvalue weighted by atomic mass is 10.2. The lowest BCUT2D eigenvalue weighted by Gasteiger charge is -2.29. The SMILES string of the molecule is O=Cc1c[nH]c2nccc(N3CCOCC3)c12. The van der Waals surface area contributed by atoms with Gasteiger partial charge in [-0.25, -0.2) is 4.98 Å². The molecule has 0 aliphatic carbocycles. The Hall–Kier alpha value is -1.88. The number of rotatable bonds is 2. The smallest absolute Gasteiger partial charge is 0.152 e. The topological polar surface area (TPSA) is 58.2 Å². The second kappa shape index (κ2) is 4.18. The number of carbonyl (C=O) groups excluding carboxylic acids is 1. The third-order valence-corrected chi connectivity index (χ3v) is 3.06. The molecule has 0 unspecified atom stereocenters. The van der Waals surface area contributed by atoms with E-state index in [0.29, 0.717) is 5.56 Å². The number of aldehydes is 1. The Morgan fingerprint density at radius 3 is 3.00 bits per heavy atom. The van der Waals surface area contributed by atoms with Crippen LogP contribution in [0.25, 0.3) is 11.0 Å². The third-order valence-electron chi connectivity index (χ3n) is 3.06. The molecule has 0 saturated carbocycles. The molecule has 1 N–H and O–H groups in total. The molecule has 0 radical (unpaired) electrons. The largest absolute Gasteiger partial charge is 0.378 e. The predicted molar refractivity (Wildman–Crippen MR) is 64.5 cm³/mol. The summed E-state index contributed by atoms with van der Waals surface area (Å²) in [7, 11) is 0. The van der Waals surface area contributed by atoms with Crippen LogP contribution >= 0.6 is 0 Å². The average Bonchev–Trinajstić information content (AvgIpc) is 2.82. The van der Waals surface area contributed by atoms with Crippen LogP contribution in [0, 0.1) is 0 Å². The second-order valence-electron chi connectivity index (χ2n) is 4.01. The number of nitrogens with one attached hydrogen (secondary N) is 1. The summed E-state index contributed by atoms with van der Waals surface area (Å²) in [6.45, 7) is 3.15. The number of aromatic nitrogens is 2. The van der Waals surface area contributed by atoms with Crippen LogP contribution < -0.4 is 4.90 Å². The van der Waals surface area contributed by atoms with Gasteiger partial charge in [0.05, 0.1) is 24.3 Å². The summed E-state index contributed by atoms with van der Waals surface area (Å²) in [5.41, 5.74) is 2.48. The van der Waals surface area contributed by atoms with Crippen LogP contribution in [0.2, 0.25) is 0 Å². The fourth-order valence-corrected chi connectivity index (χ4v) is 2.22. The molecule has 0 aromatic carbocycles. The Balaban J connectivity index is 2.13. The highest BCUT2D eigenvalue weighted by molar-refractivity contribution is 6.03. The summed E-state index contributed by atoms with van der Waals surface area (Å²) in [6.07, 6.45) is 4.33. The van der Waals surface area contributed by atoms with Crippen LogP contribution in [0.15, 0.2) is 18.5 Å². The number of pyridine rings is 1. The highest BCUT2D eigenvalue weighted by atomic mass is 16.5. The van der Waals surface area contributed by atoms with Gasteiger partial charge in [0.25, 0.3) is 0 Å². The zero-order valence-corrected chi connectivity index (χ0v) is 9.35. The highest BCUT2D eigenvalue weighted by Gasteiger charge is 2.16. The standard InChI is InChI=1S/C12H13N3O2/c16-8-9-7-14-12-11(9)10(1-2-13-12)15-3-5-17-6-4-15/h1-2,7-8H,3-6H2,(H,13,14). The average molecular weight is 231 g/mol. The maximum atomic E-state index is 11.0. The Morgan fingerprint density at radius 2 is 2.24 bits per heavy atom. The van der Waals surface area contributed by atoms with Gasteiger partial charge >= 0.3 is 0 Å². The molecule has 2 aromatic heterocycles. The Kier molecular flexibility index (Phi) is 2.53. The van der Waals surface area contributed by atoms with E-state index in [-0.39, 0.29) is 0 Å². The molecule has 3 rings (SSSR count). The maximum Gasteiger partial charge on any atom is 0.152 e. The molecular weight excluding hydrogens is 218 g/mol. The number of H-pyrrole nitrogens is 1. The van der Waals surface area contributed by atoms with Gasteiger partial charge in [0.2, 0.25) is 0 Å². The van der Waals surface area contributed by atoms with E-state index >= 15 is 0 Å². The summed E-state index contributed by atoms with van der Waals surface area (Å²) >= 11 is 0. The number of carbonyl (C=O) groups is 1. The van der Waals surface area contributed by atoms with Crippen molar-refractivity contribution in [1.82, 2.24) is 9.97 Å². The number of hydrogen-bond acceptors (Lipinski definition) is 4. The third kappa shape index (κ3) is 1.68. The van der Waals surface area contributed by atoms with Gasteiger partial charge < -0.3 is 14.6 Å². The molecule has 0 amide bonds. The van der Waals surface area contributed by atoms with Crippen molar-refractivity contribution in [3.63, 3.8) is 0 Å². The summed E-state index contributed by atoms with van der Waals surface area (Å²) in [5, 5.41) is 0.907. The van der Waals surface area contributed by atoms with Crippen LogP contribution in [0.4, 0.5) is 5.69 Å². The Labute approximate surface area is 98.4 Å². The molecule has 0 bridgehead atoms. The minimum absolute atomic E-state index is 0.662. The van der Waals surface area contributed by atoms with Crippen molar-refractivity contribution in [2.45, 2.75) is 0 Å². The molecule has 1 fully saturated rings. The van der Waals surface area contributed by atoms with Gasteiger partial charge in [0.15, 0.2) is 6.29 Å². The number of fused-ring (bicyclic) bond motifs is 1. The van der Waals surface area contributed by atoms with Gasteiger partial charge in [-0.15, -0.1) is 0 Å². The van der Waals surface area contributed by atoms with Gasteiger partial charge in [-0.3, -0.25) is 4.79 Å². The fourth-order valence-electron chi connectivity index (χ4n) is 2.22. The number of ether oxygens (including phenoxy) is 1. The number of nitrogens with zero attached hydrogens (tertiary/aromatic N) is 2. The van der Waals surface area contributed by atoms with E-state index in [4.69, 9.17) is 4.74 Å². The van der Waals surface area contributed by atoms with Gasteiger partial charge in [-0.05, 0) is 6.07 Å². The van der Waals surface area contributed by atoms with Gasteiger partial charge in [-0.2, -0.15) is 0 Å². The zero-order chi connectivity index (χ0) is 11.7. The number of hydrogen-bond donors (Lipinski definition) is 1. The van der Waals surface area contributed by atoms with Crippen molar-refractivity contribution >= 4 is 23.0 Å². The van der Waals surface area contributed by atoms with Gasteiger partial charge in [0, 0.05) is 31.0 Å². The maximum absolute atomic E-state index is 11.0. The van der Waals surface area contributed by atoms with E-state index in [9.17, 15) is 4.79 Å². The van der Waals surface area contributed by atoms with E-state index in [1.165, 1.54) is 0 Å². The molecule has 3 heterocycles. The quantitative estimate of drug-likeness (QED) is 0.789. The molecule has 0 atom stereocenters. The lowest BCUT2D eigenvalue weighted by molar-refractivity contribution is 0.112. The van der Waals surface area contributed by atoms with Crippen molar-refractivity contribution in [1.29, 1.82) is 0 Å². The van der Waals surface area contributed by atoms with E-state index < -0.39 is 0 Å². The fraction of sp³-hybridized carbons (Fsp3) is 0.333. The summed E-state index contributed by atoms with van der Waals surface area (Å²) < 4.78 is 5.34.